The number of aliphatic hydroxyl groups excluding tert-OH is 1. The zero-order valence-corrected chi connectivity index (χ0v) is 11.9. The maximum atomic E-state index is 8.82. The van der Waals surface area contributed by atoms with E-state index < -0.39 is 0 Å². The molecular weight excluding hydrogens is 308 g/mol. The van der Waals surface area contributed by atoms with Gasteiger partial charge in [-0.2, -0.15) is 0 Å². The number of nitrogens with two attached hydrogens (primary N) is 1. The van der Waals surface area contributed by atoms with Crippen molar-refractivity contribution in [3.63, 3.8) is 0 Å². The third kappa shape index (κ3) is 3.73. The smallest absolute Gasteiger partial charge is 0.223 e. The van der Waals surface area contributed by atoms with Crippen molar-refractivity contribution in [1.82, 2.24) is 9.97 Å². The lowest BCUT2D eigenvalue weighted by atomic mass is 10.1. The molecule has 0 aliphatic rings. The van der Waals surface area contributed by atoms with E-state index in [-0.39, 0.29) is 6.61 Å². The molecule has 0 saturated heterocycles. The molecule has 0 atom stereocenters. The van der Waals surface area contributed by atoms with Gasteiger partial charge < -0.3 is 16.2 Å². The van der Waals surface area contributed by atoms with E-state index in [9.17, 15) is 0 Å². The van der Waals surface area contributed by atoms with Gasteiger partial charge in [0.2, 0.25) is 5.95 Å². The molecular formula is C13H15BrN4O. The number of nitrogens with zero attached hydrogens (tertiary/aromatic N) is 2. The van der Waals surface area contributed by atoms with Crippen molar-refractivity contribution in [3.05, 3.63) is 40.5 Å². The standard InChI is InChI=1S/C13H15BrN4O/c14-10-3-1-9(2-4-10)12-7-11(8-15)17-13(18-12)16-5-6-19/h1-4,7,19H,5-6,8,15H2,(H,16,17,18). The van der Waals surface area contributed by atoms with Crippen LogP contribution in [0.4, 0.5) is 5.95 Å². The molecule has 1 aromatic heterocycles. The van der Waals surface area contributed by atoms with Crippen LogP contribution in [0.1, 0.15) is 5.69 Å². The molecule has 4 N–H and O–H groups in total. The quantitative estimate of drug-likeness (QED) is 0.781. The van der Waals surface area contributed by atoms with Crippen molar-refractivity contribution in [3.8, 4) is 11.3 Å². The summed E-state index contributed by atoms with van der Waals surface area (Å²) in [7, 11) is 0. The number of aliphatic hydroxyl groups is 1. The number of benzene rings is 1. The SMILES string of the molecule is NCc1cc(-c2ccc(Br)cc2)nc(NCCO)n1. The summed E-state index contributed by atoms with van der Waals surface area (Å²) in [5.41, 5.74) is 8.20. The Labute approximate surface area is 120 Å². The maximum absolute atomic E-state index is 8.82. The van der Waals surface area contributed by atoms with Gasteiger partial charge in [0, 0.05) is 23.1 Å². The van der Waals surface area contributed by atoms with Crippen LogP contribution in [0, 0.1) is 0 Å². The fraction of sp³-hybridized carbons (Fsp3) is 0.231. The van der Waals surface area contributed by atoms with Crippen LogP contribution in [0.3, 0.4) is 0 Å². The first-order valence-corrected chi connectivity index (χ1v) is 6.71. The number of anilines is 1. The normalized spacial score (nSPS) is 10.5. The maximum Gasteiger partial charge on any atom is 0.223 e. The summed E-state index contributed by atoms with van der Waals surface area (Å²) in [5, 5.41) is 11.8. The van der Waals surface area contributed by atoms with Gasteiger partial charge in [-0.15, -0.1) is 0 Å². The Hall–Kier alpha value is -1.50. The van der Waals surface area contributed by atoms with Crippen molar-refractivity contribution >= 4 is 21.9 Å². The predicted octanol–water partition coefficient (Wildman–Crippen LogP) is 1.77. The van der Waals surface area contributed by atoms with Crippen LogP contribution in [0.25, 0.3) is 11.3 Å². The average Bonchev–Trinajstić information content (AvgIpc) is 2.45. The molecule has 0 fully saturated rings. The van der Waals surface area contributed by atoms with Gasteiger partial charge in [-0.25, -0.2) is 9.97 Å². The number of halogens is 1. The van der Waals surface area contributed by atoms with E-state index in [4.69, 9.17) is 10.8 Å². The highest BCUT2D eigenvalue weighted by molar-refractivity contribution is 9.10. The van der Waals surface area contributed by atoms with E-state index in [0.717, 1.165) is 21.4 Å². The minimum atomic E-state index is 0.0316. The summed E-state index contributed by atoms with van der Waals surface area (Å²) in [5.74, 6) is 0.481. The summed E-state index contributed by atoms with van der Waals surface area (Å²) in [6, 6.07) is 9.74. The lowest BCUT2D eigenvalue weighted by molar-refractivity contribution is 0.311. The van der Waals surface area contributed by atoms with Gasteiger partial charge in [-0.05, 0) is 18.2 Å². The molecule has 5 nitrogen and oxygen atoms in total. The molecule has 0 amide bonds. The number of hydrogen-bond donors (Lipinski definition) is 3. The van der Waals surface area contributed by atoms with Gasteiger partial charge in [-0.3, -0.25) is 0 Å². The summed E-state index contributed by atoms with van der Waals surface area (Å²) in [6.07, 6.45) is 0. The third-order valence-electron chi connectivity index (χ3n) is 2.52. The Balaban J connectivity index is 2.35. The number of rotatable bonds is 5. The molecule has 0 unspecified atom stereocenters. The van der Waals surface area contributed by atoms with Crippen molar-refractivity contribution in [1.29, 1.82) is 0 Å². The van der Waals surface area contributed by atoms with Crippen LogP contribution in [-0.4, -0.2) is 28.2 Å². The van der Waals surface area contributed by atoms with Crippen molar-refractivity contribution < 1.29 is 5.11 Å². The number of aromatic nitrogens is 2. The van der Waals surface area contributed by atoms with Gasteiger partial charge >= 0.3 is 0 Å². The predicted molar refractivity (Wildman–Crippen MR) is 78.6 cm³/mol. The third-order valence-corrected chi connectivity index (χ3v) is 3.05. The van der Waals surface area contributed by atoms with Gasteiger partial charge in [0.05, 0.1) is 18.0 Å². The topological polar surface area (TPSA) is 84.1 Å². The van der Waals surface area contributed by atoms with E-state index >= 15 is 0 Å². The van der Waals surface area contributed by atoms with Crippen molar-refractivity contribution in [2.75, 3.05) is 18.5 Å². The van der Waals surface area contributed by atoms with Crippen LogP contribution >= 0.6 is 15.9 Å². The molecule has 0 bridgehead atoms. The monoisotopic (exact) mass is 322 g/mol. The molecule has 1 aromatic carbocycles. The molecule has 100 valence electrons. The van der Waals surface area contributed by atoms with E-state index in [2.05, 4.69) is 31.2 Å². The molecule has 0 spiro atoms. The highest BCUT2D eigenvalue weighted by atomic mass is 79.9. The number of hydrogen-bond acceptors (Lipinski definition) is 5. The highest BCUT2D eigenvalue weighted by Crippen LogP contribution is 2.21. The zero-order chi connectivity index (χ0) is 13.7. The van der Waals surface area contributed by atoms with Gasteiger partial charge in [0.1, 0.15) is 0 Å². The Bertz CT molecular complexity index is 545. The Kier molecular flexibility index (Phi) is 4.84. The Morgan fingerprint density at radius 1 is 1.21 bits per heavy atom. The van der Waals surface area contributed by atoms with Crippen LogP contribution < -0.4 is 11.1 Å². The van der Waals surface area contributed by atoms with Crippen LogP contribution in [0.5, 0.6) is 0 Å². The second-order valence-electron chi connectivity index (χ2n) is 3.93. The van der Waals surface area contributed by atoms with Gasteiger partial charge in [0.15, 0.2) is 0 Å². The molecule has 1 heterocycles. The lowest BCUT2D eigenvalue weighted by Crippen LogP contribution is -2.11. The second kappa shape index (κ2) is 6.60. The Morgan fingerprint density at radius 3 is 2.58 bits per heavy atom. The first-order chi connectivity index (χ1) is 9.22. The molecule has 0 saturated carbocycles. The summed E-state index contributed by atoms with van der Waals surface area (Å²) in [4.78, 5) is 8.68. The molecule has 0 aliphatic heterocycles. The number of nitrogens with one attached hydrogen (secondary N) is 1. The van der Waals surface area contributed by atoms with Crippen LogP contribution in [0.2, 0.25) is 0 Å². The summed E-state index contributed by atoms with van der Waals surface area (Å²) >= 11 is 3.40. The minimum absolute atomic E-state index is 0.0316. The fourth-order valence-corrected chi connectivity index (χ4v) is 1.88. The first-order valence-electron chi connectivity index (χ1n) is 5.91. The second-order valence-corrected chi connectivity index (χ2v) is 4.85. The van der Waals surface area contributed by atoms with Crippen molar-refractivity contribution in [2.45, 2.75) is 6.54 Å². The van der Waals surface area contributed by atoms with E-state index in [1.807, 2.05) is 30.3 Å². The summed E-state index contributed by atoms with van der Waals surface area (Å²) < 4.78 is 1.02. The Morgan fingerprint density at radius 2 is 1.95 bits per heavy atom. The zero-order valence-electron chi connectivity index (χ0n) is 10.3. The molecule has 6 heteroatoms. The molecule has 19 heavy (non-hydrogen) atoms. The van der Waals surface area contributed by atoms with Crippen LogP contribution in [0.15, 0.2) is 34.8 Å². The minimum Gasteiger partial charge on any atom is -0.395 e. The molecule has 2 aromatic rings. The van der Waals surface area contributed by atoms with E-state index in [1.165, 1.54) is 0 Å². The van der Waals surface area contributed by atoms with Crippen LogP contribution in [-0.2, 0) is 6.54 Å². The van der Waals surface area contributed by atoms with E-state index in [0.29, 0.717) is 19.0 Å². The lowest BCUT2D eigenvalue weighted by Gasteiger charge is -2.08. The average molecular weight is 323 g/mol. The molecule has 2 rings (SSSR count). The molecule has 0 aliphatic carbocycles. The molecule has 0 radical (unpaired) electrons. The summed E-state index contributed by atoms with van der Waals surface area (Å²) in [6.45, 7) is 0.789. The largest absolute Gasteiger partial charge is 0.395 e. The van der Waals surface area contributed by atoms with Gasteiger partial charge in [-0.1, -0.05) is 28.1 Å². The first kappa shape index (κ1) is 13.9. The van der Waals surface area contributed by atoms with E-state index in [1.54, 1.807) is 0 Å². The fourth-order valence-electron chi connectivity index (χ4n) is 1.62. The highest BCUT2D eigenvalue weighted by Gasteiger charge is 2.05. The van der Waals surface area contributed by atoms with Gasteiger partial charge in [0.25, 0.3) is 0 Å². The van der Waals surface area contributed by atoms with Crippen molar-refractivity contribution in [2.24, 2.45) is 5.73 Å².